The molecule has 2 fully saturated rings. The second kappa shape index (κ2) is 3.52. The molecule has 1 heterocycles. The molecule has 0 radical (unpaired) electrons. The topological polar surface area (TPSA) is 12.0 Å². The van der Waals surface area contributed by atoms with Crippen LogP contribution >= 0.6 is 0 Å². The van der Waals surface area contributed by atoms with Crippen molar-refractivity contribution in [3.8, 4) is 0 Å². The fourth-order valence-electron chi connectivity index (χ4n) is 3.36. The summed E-state index contributed by atoms with van der Waals surface area (Å²) in [6.07, 6.45) is 8.58. The number of hydrogen-bond donors (Lipinski definition) is 1. The summed E-state index contributed by atoms with van der Waals surface area (Å²) in [5, 5.41) is 3.77. The smallest absolute Gasteiger partial charge is 0.0184 e. The lowest BCUT2D eigenvalue weighted by Crippen LogP contribution is -2.46. The lowest BCUT2D eigenvalue weighted by molar-refractivity contribution is 0.111. The van der Waals surface area contributed by atoms with Crippen molar-refractivity contribution in [3.05, 3.63) is 0 Å². The monoisotopic (exact) mass is 195 g/mol. The van der Waals surface area contributed by atoms with E-state index in [0.717, 1.165) is 5.92 Å². The lowest BCUT2D eigenvalue weighted by Gasteiger charge is -2.43. The van der Waals surface area contributed by atoms with E-state index in [1.807, 2.05) is 0 Å². The van der Waals surface area contributed by atoms with Gasteiger partial charge in [0.15, 0.2) is 0 Å². The first kappa shape index (κ1) is 10.5. The van der Waals surface area contributed by atoms with Crippen LogP contribution < -0.4 is 5.32 Å². The maximum absolute atomic E-state index is 3.77. The quantitative estimate of drug-likeness (QED) is 0.625. The fourth-order valence-corrected chi connectivity index (χ4v) is 3.36. The van der Waals surface area contributed by atoms with Crippen LogP contribution in [0.15, 0.2) is 0 Å². The van der Waals surface area contributed by atoms with Crippen molar-refractivity contribution in [2.24, 2.45) is 11.3 Å². The predicted molar refractivity (Wildman–Crippen MR) is 61.4 cm³/mol. The Balaban J connectivity index is 2.03. The Labute approximate surface area is 88.7 Å². The molecule has 0 bridgehead atoms. The summed E-state index contributed by atoms with van der Waals surface area (Å²) >= 11 is 0. The van der Waals surface area contributed by atoms with Gasteiger partial charge >= 0.3 is 0 Å². The normalized spacial score (nSPS) is 39.2. The Morgan fingerprint density at radius 3 is 2.43 bits per heavy atom. The van der Waals surface area contributed by atoms with Gasteiger partial charge in [-0.1, -0.05) is 27.2 Å². The molecule has 1 N–H and O–H groups in total. The number of hydrogen-bond acceptors (Lipinski definition) is 1. The summed E-state index contributed by atoms with van der Waals surface area (Å²) in [5.74, 6) is 0.932. The molecule has 82 valence electrons. The van der Waals surface area contributed by atoms with Crippen molar-refractivity contribution >= 4 is 0 Å². The van der Waals surface area contributed by atoms with Crippen LogP contribution in [0.2, 0.25) is 0 Å². The summed E-state index contributed by atoms with van der Waals surface area (Å²) < 4.78 is 0. The Morgan fingerprint density at radius 2 is 1.86 bits per heavy atom. The highest BCUT2D eigenvalue weighted by atomic mass is 15.0. The van der Waals surface area contributed by atoms with Crippen LogP contribution in [0.4, 0.5) is 0 Å². The number of rotatable bonds is 0. The highest BCUT2D eigenvalue weighted by Gasteiger charge is 2.41. The van der Waals surface area contributed by atoms with E-state index in [4.69, 9.17) is 0 Å². The molecule has 1 heteroatoms. The van der Waals surface area contributed by atoms with Crippen molar-refractivity contribution < 1.29 is 0 Å². The first-order chi connectivity index (χ1) is 6.52. The molecule has 1 saturated heterocycles. The molecule has 1 spiro atoms. The van der Waals surface area contributed by atoms with E-state index < -0.39 is 0 Å². The molecule has 0 aromatic heterocycles. The van der Waals surface area contributed by atoms with Crippen LogP contribution in [0.1, 0.15) is 59.3 Å². The third-order valence-electron chi connectivity index (χ3n) is 4.40. The Bertz CT molecular complexity index is 196. The van der Waals surface area contributed by atoms with Crippen molar-refractivity contribution in [1.29, 1.82) is 0 Å². The second-order valence-electron chi connectivity index (χ2n) is 6.47. The first-order valence-electron chi connectivity index (χ1n) is 6.27. The summed E-state index contributed by atoms with van der Waals surface area (Å²) in [5.41, 5.74) is 1.06. The average Bonchev–Trinajstić information content (AvgIpc) is 2.52. The zero-order valence-corrected chi connectivity index (χ0v) is 10.0. The summed E-state index contributed by atoms with van der Waals surface area (Å²) in [7, 11) is 0. The summed E-state index contributed by atoms with van der Waals surface area (Å²) in [6.45, 7) is 8.49. The number of nitrogens with one attached hydrogen (secondary N) is 1. The van der Waals surface area contributed by atoms with E-state index in [-0.39, 0.29) is 0 Å². The maximum atomic E-state index is 3.77. The third-order valence-corrected chi connectivity index (χ3v) is 4.40. The van der Waals surface area contributed by atoms with Crippen LogP contribution in [-0.2, 0) is 0 Å². The van der Waals surface area contributed by atoms with Crippen LogP contribution in [0, 0.1) is 11.3 Å². The molecule has 1 aliphatic carbocycles. The zero-order chi connectivity index (χ0) is 10.2. The Kier molecular flexibility index (Phi) is 2.63. The molecule has 2 rings (SSSR count). The molecule has 14 heavy (non-hydrogen) atoms. The lowest BCUT2D eigenvalue weighted by atomic mass is 9.66. The van der Waals surface area contributed by atoms with Gasteiger partial charge in [0.25, 0.3) is 0 Å². The molecule has 1 nitrogen and oxygen atoms in total. The molecule has 0 amide bonds. The molecular formula is C13H25N. The maximum Gasteiger partial charge on any atom is 0.0184 e. The zero-order valence-electron chi connectivity index (χ0n) is 10.0. The van der Waals surface area contributed by atoms with E-state index in [2.05, 4.69) is 26.1 Å². The van der Waals surface area contributed by atoms with Gasteiger partial charge in [-0.2, -0.15) is 0 Å². The first-order valence-corrected chi connectivity index (χ1v) is 6.27. The van der Waals surface area contributed by atoms with Crippen molar-refractivity contribution in [3.63, 3.8) is 0 Å². The van der Waals surface area contributed by atoms with Gasteiger partial charge in [0.05, 0.1) is 0 Å². The van der Waals surface area contributed by atoms with Gasteiger partial charge in [-0.05, 0) is 50.0 Å². The van der Waals surface area contributed by atoms with Crippen LogP contribution in [0.3, 0.4) is 0 Å². The summed E-state index contributed by atoms with van der Waals surface area (Å²) in [6, 6.07) is 0. The van der Waals surface area contributed by atoms with Gasteiger partial charge in [0, 0.05) is 5.54 Å². The molecular weight excluding hydrogens is 170 g/mol. The van der Waals surface area contributed by atoms with Crippen molar-refractivity contribution in [2.75, 3.05) is 6.54 Å². The fraction of sp³-hybridized carbons (Fsp3) is 1.00. The molecule has 2 atom stereocenters. The molecule has 1 saturated carbocycles. The van der Waals surface area contributed by atoms with E-state index in [1.165, 1.54) is 45.1 Å². The molecule has 0 aromatic carbocycles. The SMILES string of the molecule is CC(C)(C)C1CCCC2(CCCN2)C1. The van der Waals surface area contributed by atoms with Crippen molar-refractivity contribution in [1.82, 2.24) is 5.32 Å². The second-order valence-corrected chi connectivity index (χ2v) is 6.47. The minimum atomic E-state index is 0.512. The van der Waals surface area contributed by atoms with Gasteiger partial charge in [-0.25, -0.2) is 0 Å². The van der Waals surface area contributed by atoms with Gasteiger partial charge in [-0.15, -0.1) is 0 Å². The highest BCUT2D eigenvalue weighted by Crippen LogP contribution is 2.44. The van der Waals surface area contributed by atoms with E-state index in [1.54, 1.807) is 0 Å². The van der Waals surface area contributed by atoms with Crippen LogP contribution in [0.25, 0.3) is 0 Å². The van der Waals surface area contributed by atoms with Crippen LogP contribution in [0.5, 0.6) is 0 Å². The van der Waals surface area contributed by atoms with E-state index in [0.29, 0.717) is 11.0 Å². The molecule has 2 unspecified atom stereocenters. The van der Waals surface area contributed by atoms with Gasteiger partial charge in [-0.3, -0.25) is 0 Å². The largest absolute Gasteiger partial charge is 0.311 e. The van der Waals surface area contributed by atoms with Gasteiger partial charge in [0.2, 0.25) is 0 Å². The minimum Gasteiger partial charge on any atom is -0.311 e. The predicted octanol–water partition coefficient (Wildman–Crippen LogP) is 3.34. The van der Waals surface area contributed by atoms with Crippen molar-refractivity contribution in [2.45, 2.75) is 64.8 Å². The standard InChI is InChI=1S/C13H25N/c1-12(2,3)11-6-4-7-13(10-11)8-5-9-14-13/h11,14H,4-10H2,1-3H3. The van der Waals surface area contributed by atoms with E-state index >= 15 is 0 Å². The summed E-state index contributed by atoms with van der Waals surface area (Å²) in [4.78, 5) is 0. The Morgan fingerprint density at radius 1 is 1.14 bits per heavy atom. The Hall–Kier alpha value is -0.0400. The van der Waals surface area contributed by atoms with E-state index in [9.17, 15) is 0 Å². The van der Waals surface area contributed by atoms with Gasteiger partial charge in [0.1, 0.15) is 0 Å². The van der Waals surface area contributed by atoms with Gasteiger partial charge < -0.3 is 5.32 Å². The minimum absolute atomic E-state index is 0.512. The molecule has 1 aliphatic heterocycles. The average molecular weight is 195 g/mol. The third kappa shape index (κ3) is 1.98. The molecule has 0 aromatic rings. The van der Waals surface area contributed by atoms with Crippen LogP contribution in [-0.4, -0.2) is 12.1 Å². The molecule has 2 aliphatic rings. The highest BCUT2D eigenvalue weighted by molar-refractivity contribution is 4.99.